The molecule has 1 aliphatic heterocycles. The van der Waals surface area contributed by atoms with Crippen molar-refractivity contribution < 1.29 is 14.7 Å². The molecule has 0 aromatic heterocycles. The molecule has 2 atom stereocenters. The molecule has 2 N–H and O–H groups in total. The van der Waals surface area contributed by atoms with Gasteiger partial charge in [0.1, 0.15) is 0 Å². The van der Waals surface area contributed by atoms with Gasteiger partial charge in [0, 0.05) is 19.1 Å². The molecule has 0 aliphatic carbocycles. The molecule has 5 heteroatoms. The summed E-state index contributed by atoms with van der Waals surface area (Å²) in [4.78, 5) is 24.3. The Bertz CT molecular complexity index is 287. The zero-order valence-electron chi connectivity index (χ0n) is 10.8. The number of hydrogen-bond acceptors (Lipinski definition) is 3. The molecule has 5 nitrogen and oxygen atoms in total. The summed E-state index contributed by atoms with van der Waals surface area (Å²) in [5.41, 5.74) is 0. The Morgan fingerprint density at radius 3 is 2.47 bits per heavy atom. The molecular weight excluding hydrogens is 220 g/mol. The third-order valence-corrected chi connectivity index (χ3v) is 3.47. The van der Waals surface area contributed by atoms with Crippen LogP contribution in [0.15, 0.2) is 0 Å². The summed E-state index contributed by atoms with van der Waals surface area (Å²) in [6, 6.07) is 0.206. The van der Waals surface area contributed by atoms with Gasteiger partial charge in [-0.25, -0.2) is 0 Å². The highest BCUT2D eigenvalue weighted by Gasteiger charge is 2.35. The number of nitrogens with zero attached hydrogens (tertiary/aromatic N) is 1. The number of hydrogen-bond donors (Lipinski definition) is 2. The fourth-order valence-electron chi connectivity index (χ4n) is 1.88. The second-order valence-electron chi connectivity index (χ2n) is 4.96. The van der Waals surface area contributed by atoms with Crippen LogP contribution < -0.4 is 5.32 Å². The van der Waals surface area contributed by atoms with Crippen molar-refractivity contribution in [2.75, 3.05) is 19.6 Å². The van der Waals surface area contributed by atoms with E-state index in [2.05, 4.69) is 5.32 Å². The van der Waals surface area contributed by atoms with Gasteiger partial charge in [0.05, 0.1) is 12.5 Å². The Balaban J connectivity index is 2.21. The Labute approximate surface area is 102 Å². The minimum atomic E-state index is -0.751. The van der Waals surface area contributed by atoms with Crippen LogP contribution in [0.5, 0.6) is 0 Å². The van der Waals surface area contributed by atoms with Crippen LogP contribution in [0.1, 0.15) is 27.2 Å². The van der Waals surface area contributed by atoms with E-state index in [0.717, 1.165) is 6.42 Å². The van der Waals surface area contributed by atoms with Gasteiger partial charge in [0.2, 0.25) is 5.91 Å². The molecule has 0 aromatic rings. The Kier molecular flexibility index (Phi) is 4.93. The maximum Gasteiger partial charge on any atom is 0.306 e. The second kappa shape index (κ2) is 6.00. The van der Waals surface area contributed by atoms with Crippen molar-refractivity contribution >= 4 is 11.9 Å². The highest BCUT2D eigenvalue weighted by molar-refractivity contribution is 5.78. The monoisotopic (exact) mass is 242 g/mol. The van der Waals surface area contributed by atoms with Crippen LogP contribution >= 0.6 is 0 Å². The van der Waals surface area contributed by atoms with Crippen molar-refractivity contribution in [2.24, 2.45) is 11.8 Å². The molecular formula is C12H22N2O3. The lowest BCUT2D eigenvalue weighted by molar-refractivity contribution is -0.145. The Morgan fingerprint density at radius 1 is 1.41 bits per heavy atom. The molecule has 1 amide bonds. The molecule has 17 heavy (non-hydrogen) atoms. The molecule has 0 aromatic carbocycles. The molecule has 1 heterocycles. The van der Waals surface area contributed by atoms with Gasteiger partial charge in [-0.15, -0.1) is 0 Å². The number of carbonyl (C=O) groups excluding carboxylic acids is 1. The van der Waals surface area contributed by atoms with Crippen LogP contribution in [0.4, 0.5) is 0 Å². The SMILES string of the molecule is CCC(C)NC(=O)CN1CC(C(C)C(=O)O)C1. The van der Waals surface area contributed by atoms with E-state index in [1.54, 1.807) is 6.92 Å². The highest BCUT2D eigenvalue weighted by atomic mass is 16.4. The fourth-order valence-corrected chi connectivity index (χ4v) is 1.88. The number of aliphatic carboxylic acids is 1. The van der Waals surface area contributed by atoms with E-state index in [1.807, 2.05) is 18.7 Å². The quantitative estimate of drug-likeness (QED) is 0.714. The summed E-state index contributed by atoms with van der Waals surface area (Å²) < 4.78 is 0. The molecule has 2 unspecified atom stereocenters. The van der Waals surface area contributed by atoms with E-state index in [4.69, 9.17) is 5.11 Å². The molecule has 98 valence electrons. The number of likely N-dealkylation sites (tertiary alicyclic amines) is 1. The molecule has 1 fully saturated rings. The van der Waals surface area contributed by atoms with Crippen LogP contribution in [-0.2, 0) is 9.59 Å². The number of rotatable bonds is 6. The first-order valence-electron chi connectivity index (χ1n) is 6.18. The standard InChI is InChI=1S/C12H22N2O3/c1-4-8(2)13-11(15)7-14-5-10(6-14)9(3)12(16)17/h8-10H,4-7H2,1-3H3,(H,13,15)(H,16,17). The zero-order chi connectivity index (χ0) is 13.0. The summed E-state index contributed by atoms with van der Waals surface area (Å²) in [7, 11) is 0. The number of amides is 1. The van der Waals surface area contributed by atoms with E-state index in [9.17, 15) is 9.59 Å². The van der Waals surface area contributed by atoms with Crippen molar-refractivity contribution in [1.82, 2.24) is 10.2 Å². The minimum Gasteiger partial charge on any atom is -0.481 e. The summed E-state index contributed by atoms with van der Waals surface area (Å²) in [5, 5.41) is 11.7. The first-order chi connectivity index (χ1) is 7.93. The van der Waals surface area contributed by atoms with Crippen molar-refractivity contribution in [3.63, 3.8) is 0 Å². The molecule has 0 bridgehead atoms. The van der Waals surface area contributed by atoms with Gasteiger partial charge in [-0.2, -0.15) is 0 Å². The van der Waals surface area contributed by atoms with E-state index < -0.39 is 5.97 Å². The van der Waals surface area contributed by atoms with Crippen LogP contribution in [-0.4, -0.2) is 47.6 Å². The average Bonchev–Trinajstić information content (AvgIpc) is 2.21. The molecule has 1 rings (SSSR count). The molecule has 0 saturated carbocycles. The lowest BCUT2D eigenvalue weighted by Gasteiger charge is -2.40. The maximum atomic E-state index is 11.6. The molecule has 0 spiro atoms. The van der Waals surface area contributed by atoms with E-state index >= 15 is 0 Å². The van der Waals surface area contributed by atoms with Crippen molar-refractivity contribution in [3.8, 4) is 0 Å². The van der Waals surface area contributed by atoms with E-state index in [1.165, 1.54) is 0 Å². The van der Waals surface area contributed by atoms with E-state index in [0.29, 0.717) is 19.6 Å². The second-order valence-corrected chi connectivity index (χ2v) is 4.96. The largest absolute Gasteiger partial charge is 0.481 e. The lowest BCUT2D eigenvalue weighted by Crippen LogP contribution is -2.54. The maximum absolute atomic E-state index is 11.6. The van der Waals surface area contributed by atoms with Gasteiger partial charge in [0.25, 0.3) is 0 Å². The normalized spacial score (nSPS) is 20.4. The summed E-state index contributed by atoms with van der Waals surface area (Å²) in [6.07, 6.45) is 0.921. The predicted molar refractivity (Wildman–Crippen MR) is 64.6 cm³/mol. The number of nitrogens with one attached hydrogen (secondary N) is 1. The third-order valence-electron chi connectivity index (χ3n) is 3.47. The van der Waals surface area contributed by atoms with Crippen LogP contribution in [0.2, 0.25) is 0 Å². The van der Waals surface area contributed by atoms with E-state index in [-0.39, 0.29) is 23.8 Å². The number of carbonyl (C=O) groups is 2. The first-order valence-corrected chi connectivity index (χ1v) is 6.18. The number of carboxylic acid groups (broad SMARTS) is 1. The Morgan fingerprint density at radius 2 is 2.00 bits per heavy atom. The Hall–Kier alpha value is -1.10. The lowest BCUT2D eigenvalue weighted by atomic mass is 9.87. The first kappa shape index (κ1) is 14.0. The smallest absolute Gasteiger partial charge is 0.306 e. The van der Waals surface area contributed by atoms with Crippen molar-refractivity contribution in [1.29, 1.82) is 0 Å². The molecule has 1 aliphatic rings. The van der Waals surface area contributed by atoms with Crippen LogP contribution in [0, 0.1) is 11.8 Å². The molecule has 0 radical (unpaired) electrons. The van der Waals surface area contributed by atoms with Crippen LogP contribution in [0.3, 0.4) is 0 Å². The average molecular weight is 242 g/mol. The minimum absolute atomic E-state index is 0.0285. The zero-order valence-corrected chi connectivity index (χ0v) is 10.8. The molecule has 1 saturated heterocycles. The van der Waals surface area contributed by atoms with Gasteiger partial charge < -0.3 is 10.4 Å². The van der Waals surface area contributed by atoms with Gasteiger partial charge in [0.15, 0.2) is 0 Å². The van der Waals surface area contributed by atoms with Crippen molar-refractivity contribution in [3.05, 3.63) is 0 Å². The summed E-state index contributed by atoms with van der Waals surface area (Å²) >= 11 is 0. The number of carboxylic acids is 1. The summed E-state index contributed by atoms with van der Waals surface area (Å²) in [5.74, 6) is -0.854. The fraction of sp³-hybridized carbons (Fsp3) is 0.833. The van der Waals surface area contributed by atoms with Gasteiger partial charge in [-0.05, 0) is 19.3 Å². The third kappa shape index (κ3) is 4.00. The van der Waals surface area contributed by atoms with Gasteiger partial charge >= 0.3 is 5.97 Å². The van der Waals surface area contributed by atoms with Gasteiger partial charge in [-0.1, -0.05) is 13.8 Å². The topological polar surface area (TPSA) is 69.6 Å². The van der Waals surface area contributed by atoms with Gasteiger partial charge in [-0.3, -0.25) is 14.5 Å². The predicted octanol–water partition coefficient (Wildman–Crippen LogP) is 0.554. The van der Waals surface area contributed by atoms with Crippen molar-refractivity contribution in [2.45, 2.75) is 33.2 Å². The highest BCUT2D eigenvalue weighted by Crippen LogP contribution is 2.23. The summed E-state index contributed by atoms with van der Waals surface area (Å²) in [6.45, 7) is 7.53. The van der Waals surface area contributed by atoms with Crippen LogP contribution in [0.25, 0.3) is 0 Å².